The third-order valence-corrected chi connectivity index (χ3v) is 8.18. The Hall–Kier alpha value is -4.47. The summed E-state index contributed by atoms with van der Waals surface area (Å²) in [5.41, 5.74) is 5.42. The van der Waals surface area contributed by atoms with Crippen molar-refractivity contribution in [3.05, 3.63) is 101 Å². The Kier molecular flexibility index (Phi) is 9.46. The maximum Gasteiger partial charge on any atom is 0.274 e. The highest BCUT2D eigenvalue weighted by Gasteiger charge is 2.34. The fourth-order valence-corrected chi connectivity index (χ4v) is 5.69. The summed E-state index contributed by atoms with van der Waals surface area (Å²) >= 11 is 0. The molecule has 2 heterocycles. The van der Waals surface area contributed by atoms with E-state index < -0.39 is 0 Å². The van der Waals surface area contributed by atoms with E-state index in [1.165, 1.54) is 21.4 Å². The number of hydrogen-bond donors (Lipinski definition) is 2. The van der Waals surface area contributed by atoms with Crippen LogP contribution < -0.4 is 10.1 Å². The Morgan fingerprint density at radius 3 is 2.45 bits per heavy atom. The first-order chi connectivity index (χ1) is 21.1. The fourth-order valence-electron chi connectivity index (χ4n) is 5.69. The zero-order valence-electron chi connectivity index (χ0n) is 26.0. The predicted octanol–water partition coefficient (Wildman–Crippen LogP) is 5.00. The van der Waals surface area contributed by atoms with E-state index in [0.717, 1.165) is 5.69 Å². The van der Waals surface area contributed by atoms with Crippen LogP contribution in [0.5, 0.6) is 5.75 Å². The number of para-hydroxylation sites is 1. The highest BCUT2D eigenvalue weighted by molar-refractivity contribution is 6.06. The van der Waals surface area contributed by atoms with Gasteiger partial charge in [0.15, 0.2) is 5.75 Å². The van der Waals surface area contributed by atoms with Crippen LogP contribution in [0.25, 0.3) is 11.1 Å². The van der Waals surface area contributed by atoms with Crippen LogP contribution in [0.2, 0.25) is 0 Å². The van der Waals surface area contributed by atoms with E-state index in [2.05, 4.69) is 65.7 Å². The van der Waals surface area contributed by atoms with Crippen molar-refractivity contribution in [2.75, 3.05) is 32.1 Å². The van der Waals surface area contributed by atoms with Crippen molar-refractivity contribution in [2.24, 2.45) is 13.0 Å². The molecule has 9 heteroatoms. The minimum Gasteiger partial charge on any atom is -0.486 e. The summed E-state index contributed by atoms with van der Waals surface area (Å²) in [4.78, 5) is 31.0. The Balaban J connectivity index is 1.40. The van der Waals surface area contributed by atoms with Crippen LogP contribution >= 0.6 is 0 Å². The van der Waals surface area contributed by atoms with Crippen molar-refractivity contribution < 1.29 is 19.4 Å². The lowest BCUT2D eigenvalue weighted by Gasteiger charge is -2.38. The third-order valence-electron chi connectivity index (χ3n) is 8.18. The molecule has 3 aromatic carbocycles. The maximum atomic E-state index is 13.8. The van der Waals surface area contributed by atoms with Crippen LogP contribution in [-0.4, -0.2) is 75.4 Å². The first-order valence-electron chi connectivity index (χ1n) is 15.0. The van der Waals surface area contributed by atoms with Crippen molar-refractivity contribution >= 4 is 17.5 Å². The number of aryl methyl sites for hydroxylation is 2. The molecule has 0 aliphatic carbocycles. The molecular formula is C35H41N5O4. The maximum absolute atomic E-state index is 13.8. The van der Waals surface area contributed by atoms with E-state index in [-0.39, 0.29) is 36.5 Å². The van der Waals surface area contributed by atoms with Gasteiger partial charge in [-0.25, -0.2) is 0 Å². The first kappa shape index (κ1) is 31.0. The Morgan fingerprint density at radius 2 is 1.80 bits per heavy atom. The minimum absolute atomic E-state index is 0.0625. The van der Waals surface area contributed by atoms with E-state index in [1.807, 2.05) is 32.0 Å². The second-order valence-corrected chi connectivity index (χ2v) is 11.8. The average molecular weight is 596 g/mol. The van der Waals surface area contributed by atoms with E-state index in [9.17, 15) is 14.7 Å². The van der Waals surface area contributed by atoms with Gasteiger partial charge in [0.1, 0.15) is 11.8 Å². The molecule has 1 aromatic heterocycles. The Bertz CT molecular complexity index is 1600. The molecule has 0 radical (unpaired) electrons. The number of anilines is 1. The smallest absolute Gasteiger partial charge is 0.274 e. The van der Waals surface area contributed by atoms with Gasteiger partial charge in [-0.15, -0.1) is 0 Å². The number of hydrogen-bond acceptors (Lipinski definition) is 6. The Labute approximate surface area is 259 Å². The van der Waals surface area contributed by atoms with Crippen LogP contribution in [0.1, 0.15) is 46.0 Å². The largest absolute Gasteiger partial charge is 0.486 e. The molecule has 4 aromatic rings. The molecule has 0 unspecified atom stereocenters. The minimum atomic E-state index is -0.381. The lowest BCUT2D eigenvalue weighted by atomic mass is 9.98. The molecule has 2 N–H and O–H groups in total. The average Bonchev–Trinajstić information content (AvgIpc) is 3.37. The van der Waals surface area contributed by atoms with Crippen LogP contribution in [-0.2, 0) is 13.6 Å². The molecule has 9 nitrogen and oxygen atoms in total. The topological polar surface area (TPSA) is 99.9 Å². The monoisotopic (exact) mass is 595 g/mol. The predicted molar refractivity (Wildman–Crippen MR) is 172 cm³/mol. The van der Waals surface area contributed by atoms with Gasteiger partial charge in [0.05, 0.1) is 29.6 Å². The van der Waals surface area contributed by atoms with Gasteiger partial charge >= 0.3 is 0 Å². The summed E-state index contributed by atoms with van der Waals surface area (Å²) in [6.07, 6.45) is -0.305. The van der Waals surface area contributed by atoms with Gasteiger partial charge in [-0.1, -0.05) is 67.6 Å². The molecule has 1 aliphatic rings. The van der Waals surface area contributed by atoms with Crippen LogP contribution in [0.15, 0.2) is 78.9 Å². The number of aliphatic hydroxyl groups is 1. The number of ether oxygens (including phenoxy) is 1. The Morgan fingerprint density at radius 1 is 1.09 bits per heavy atom. The fraction of sp³-hybridized carbons (Fsp3) is 0.343. The number of nitrogens with one attached hydrogen (secondary N) is 1. The number of amides is 2. The van der Waals surface area contributed by atoms with Crippen molar-refractivity contribution in [1.29, 1.82) is 0 Å². The number of fused-ring (bicyclic) bond motifs is 1. The van der Waals surface area contributed by atoms with Gasteiger partial charge in [0.2, 0.25) is 0 Å². The molecule has 44 heavy (non-hydrogen) atoms. The van der Waals surface area contributed by atoms with Crippen LogP contribution in [0, 0.1) is 12.8 Å². The quantitative estimate of drug-likeness (QED) is 0.283. The van der Waals surface area contributed by atoms with Crippen molar-refractivity contribution in [2.45, 2.75) is 39.5 Å². The number of benzene rings is 3. The zero-order chi connectivity index (χ0) is 31.4. The lowest BCUT2D eigenvalue weighted by Crippen LogP contribution is -2.49. The van der Waals surface area contributed by atoms with Gasteiger partial charge in [0.25, 0.3) is 11.8 Å². The standard InChI is InChI=1S/C35H41N5O4/c1-23-19-40(25(3)22-41)35(43)29-12-9-13-30(36-34(42)31-18-24(2)37-39(31)5)33(29)44-32(23)21-38(4)20-26-14-16-28(17-15-26)27-10-7-6-8-11-27/h6-18,23,25,32,41H,19-22H2,1-5H3,(H,36,42)/t23-,25-,32+/m1/s1. The first-order valence-corrected chi connectivity index (χ1v) is 15.0. The van der Waals surface area contributed by atoms with Crippen molar-refractivity contribution in [1.82, 2.24) is 19.6 Å². The molecule has 0 bridgehead atoms. The van der Waals surface area contributed by atoms with Crippen molar-refractivity contribution in [3.63, 3.8) is 0 Å². The molecule has 0 fully saturated rings. The molecule has 0 saturated carbocycles. The molecule has 1 aliphatic heterocycles. The number of aromatic nitrogens is 2. The van der Waals surface area contributed by atoms with E-state index >= 15 is 0 Å². The van der Waals surface area contributed by atoms with Gasteiger partial charge in [0, 0.05) is 32.6 Å². The summed E-state index contributed by atoms with van der Waals surface area (Å²) in [7, 11) is 3.77. The van der Waals surface area contributed by atoms with E-state index in [0.29, 0.717) is 42.3 Å². The van der Waals surface area contributed by atoms with Crippen molar-refractivity contribution in [3.8, 4) is 16.9 Å². The molecular weight excluding hydrogens is 554 g/mol. The second-order valence-electron chi connectivity index (χ2n) is 11.8. The molecule has 0 saturated heterocycles. The zero-order valence-corrected chi connectivity index (χ0v) is 26.0. The van der Waals surface area contributed by atoms with Gasteiger partial charge in [-0.2, -0.15) is 5.10 Å². The summed E-state index contributed by atoms with van der Waals surface area (Å²) < 4.78 is 8.21. The molecule has 3 atom stereocenters. The van der Waals surface area contributed by atoms with Gasteiger partial charge < -0.3 is 20.1 Å². The molecule has 0 spiro atoms. The number of nitrogens with zero attached hydrogens (tertiary/aromatic N) is 4. The molecule has 5 rings (SSSR count). The highest BCUT2D eigenvalue weighted by Crippen LogP contribution is 2.35. The summed E-state index contributed by atoms with van der Waals surface area (Å²) in [6, 6.07) is 25.4. The second kappa shape index (κ2) is 13.4. The number of likely N-dealkylation sites (N-methyl/N-ethyl adjacent to an activating group) is 1. The highest BCUT2D eigenvalue weighted by atomic mass is 16.5. The van der Waals surface area contributed by atoms with E-state index in [1.54, 1.807) is 36.2 Å². The van der Waals surface area contributed by atoms with E-state index in [4.69, 9.17) is 4.74 Å². The third kappa shape index (κ3) is 6.85. The van der Waals surface area contributed by atoms with Crippen LogP contribution in [0.3, 0.4) is 0 Å². The number of carbonyl (C=O) groups is 2. The van der Waals surface area contributed by atoms with Crippen LogP contribution in [0.4, 0.5) is 5.69 Å². The van der Waals surface area contributed by atoms with Gasteiger partial charge in [-0.3, -0.25) is 19.2 Å². The number of aliphatic hydroxyl groups excluding tert-OH is 1. The van der Waals surface area contributed by atoms with Gasteiger partial charge in [-0.05, 0) is 55.8 Å². The molecule has 2 amide bonds. The SMILES string of the molecule is Cc1cc(C(=O)Nc2cccc3c2O[C@@H](CN(C)Cc2ccc(-c4ccccc4)cc2)[C@H](C)CN([C@H](C)CO)C3=O)n(C)n1. The number of carbonyl (C=O) groups excluding carboxylic acids is 2. The molecule has 230 valence electrons. The normalized spacial score (nSPS) is 17.4. The number of rotatable bonds is 9. The summed E-state index contributed by atoms with van der Waals surface area (Å²) in [5, 5.41) is 17.2. The lowest BCUT2D eigenvalue weighted by molar-refractivity contribution is 0.0343. The summed E-state index contributed by atoms with van der Waals surface area (Å²) in [6.45, 7) is 7.28. The summed E-state index contributed by atoms with van der Waals surface area (Å²) in [5.74, 6) is -0.323.